The highest BCUT2D eigenvalue weighted by Crippen LogP contribution is 2.45. The number of nitrogens with two attached hydrogens (primary N) is 1. The zero-order valence-electron chi connectivity index (χ0n) is 32.7. The Hall–Kier alpha value is -4.60. The summed E-state index contributed by atoms with van der Waals surface area (Å²) in [6.07, 6.45) is 11.1. The molecule has 6 N–H and O–H groups in total. The van der Waals surface area contributed by atoms with E-state index in [0.29, 0.717) is 30.0 Å². The lowest BCUT2D eigenvalue weighted by molar-refractivity contribution is -0.392. The van der Waals surface area contributed by atoms with Gasteiger partial charge in [0.2, 0.25) is 0 Å². The summed E-state index contributed by atoms with van der Waals surface area (Å²) in [4.78, 5) is 48.6. The second-order valence-corrected chi connectivity index (χ2v) is 15.2. The van der Waals surface area contributed by atoms with Crippen LogP contribution in [0.15, 0.2) is 54.3 Å². The molecule has 0 unspecified atom stereocenters. The van der Waals surface area contributed by atoms with Gasteiger partial charge in [0.25, 0.3) is 0 Å². The van der Waals surface area contributed by atoms with Crippen molar-refractivity contribution < 1.29 is 49.2 Å². The number of carbonyl (C=O) groups is 3. The van der Waals surface area contributed by atoms with Crippen molar-refractivity contribution in [1.29, 1.82) is 0 Å². The number of imidazole rings is 1. The number of phenols is 1. The molecule has 0 radical (unpaired) electrons. The number of ether oxygens (including phenoxy) is 2. The lowest BCUT2D eigenvalue weighted by Gasteiger charge is -2.43. The number of aliphatic hydroxyl groups is 2. The van der Waals surface area contributed by atoms with Crippen molar-refractivity contribution in [3.05, 3.63) is 75.8 Å². The lowest BCUT2D eigenvalue weighted by atomic mass is 9.65. The van der Waals surface area contributed by atoms with Crippen LogP contribution in [0.1, 0.15) is 84.5 Å². The Bertz CT molecular complexity index is 1670. The number of hydrogen-bond acceptors (Lipinski definition) is 12. The fourth-order valence-corrected chi connectivity index (χ4v) is 7.16. The predicted octanol–water partition coefficient (Wildman–Crippen LogP) is 5.02. The van der Waals surface area contributed by atoms with Crippen LogP contribution in [-0.4, -0.2) is 83.3 Å². The summed E-state index contributed by atoms with van der Waals surface area (Å²) in [5, 5.41) is 46.7. The van der Waals surface area contributed by atoms with Gasteiger partial charge in [-0.1, -0.05) is 58.1 Å². The summed E-state index contributed by atoms with van der Waals surface area (Å²) in [6, 6.07) is 6.33. The van der Waals surface area contributed by atoms with E-state index in [1.807, 2.05) is 13.8 Å². The first-order valence-electron chi connectivity index (χ1n) is 18.9. The second-order valence-electron chi connectivity index (χ2n) is 15.2. The number of esters is 2. The predicted molar refractivity (Wildman–Crippen MR) is 204 cm³/mol. The highest BCUT2D eigenvalue weighted by molar-refractivity contribution is 5.78. The Balaban J connectivity index is 0.000000258. The van der Waals surface area contributed by atoms with Crippen molar-refractivity contribution in [3.63, 3.8) is 0 Å². The van der Waals surface area contributed by atoms with E-state index in [0.717, 1.165) is 31.2 Å². The van der Waals surface area contributed by atoms with E-state index >= 15 is 0 Å². The third-order valence-electron chi connectivity index (χ3n) is 10.5. The van der Waals surface area contributed by atoms with E-state index in [2.05, 4.69) is 37.1 Å². The van der Waals surface area contributed by atoms with Crippen molar-refractivity contribution in [1.82, 2.24) is 9.55 Å². The minimum Gasteiger partial charge on any atom is -0.508 e. The van der Waals surface area contributed by atoms with Gasteiger partial charge in [-0.3, -0.25) is 14.4 Å². The summed E-state index contributed by atoms with van der Waals surface area (Å²) in [5.74, 6) is 0.330. The monoisotopic (exact) mass is 770 g/mol. The number of aromatic nitrogens is 2. The maximum absolute atomic E-state index is 12.5. The molecule has 1 saturated heterocycles. The lowest BCUT2D eigenvalue weighted by Crippen LogP contribution is -2.46. The van der Waals surface area contributed by atoms with Crippen LogP contribution in [0, 0.1) is 46.6 Å². The van der Waals surface area contributed by atoms with E-state index in [9.17, 15) is 29.6 Å². The molecule has 0 spiro atoms. The molecule has 0 saturated carbocycles. The Labute approximate surface area is 322 Å². The molecule has 1 aromatic heterocycles. The van der Waals surface area contributed by atoms with E-state index in [1.54, 1.807) is 19.1 Å². The minimum absolute atomic E-state index is 0.0819. The summed E-state index contributed by atoms with van der Waals surface area (Å²) in [5.41, 5.74) is 6.36. The molecule has 2 aromatic rings. The number of aryl methyl sites for hydroxylation is 1. The number of aliphatic hydroxyl groups excluding tert-OH is 2. The molecule has 15 nitrogen and oxygen atoms in total. The van der Waals surface area contributed by atoms with Crippen LogP contribution in [0.2, 0.25) is 0 Å². The quantitative estimate of drug-likeness (QED) is 0.108. The van der Waals surface area contributed by atoms with Gasteiger partial charge in [-0.15, -0.1) is 0 Å². The molecular formula is C40H58N4O11. The average Bonchev–Trinajstić information content (AvgIpc) is 3.48. The number of carboxylic acids is 1. The number of aromatic hydroxyl groups is 1. The Morgan fingerprint density at radius 3 is 2.45 bits per heavy atom. The van der Waals surface area contributed by atoms with Crippen LogP contribution in [0.3, 0.4) is 0 Å². The molecule has 0 bridgehead atoms. The highest BCUT2D eigenvalue weighted by atomic mass is 16.6. The summed E-state index contributed by atoms with van der Waals surface area (Å²) >= 11 is 0. The number of benzene rings is 1. The van der Waals surface area contributed by atoms with Crippen molar-refractivity contribution >= 4 is 23.7 Å². The highest BCUT2D eigenvalue weighted by Gasteiger charge is 2.42. The third-order valence-corrected chi connectivity index (χ3v) is 10.5. The first-order valence-corrected chi connectivity index (χ1v) is 18.9. The minimum atomic E-state index is -1.27. The number of nitrogens with zero attached hydrogens (tertiary/aromatic N) is 3. The molecule has 1 fully saturated rings. The average molecular weight is 771 g/mol. The zero-order valence-corrected chi connectivity index (χ0v) is 32.7. The van der Waals surface area contributed by atoms with Gasteiger partial charge in [0.1, 0.15) is 36.2 Å². The van der Waals surface area contributed by atoms with Crippen LogP contribution in [-0.2, 0) is 36.8 Å². The first kappa shape index (κ1) is 44.8. The fraction of sp³-hybridized carbons (Fsp3) is 0.600. The van der Waals surface area contributed by atoms with Crippen molar-refractivity contribution in [3.8, 4) is 5.75 Å². The van der Waals surface area contributed by atoms with Gasteiger partial charge < -0.3 is 45.7 Å². The number of carboxylic acid groups (broad SMARTS) is 1. The maximum atomic E-state index is 12.5. The zero-order chi connectivity index (χ0) is 41.0. The number of carbonyl (C=O) groups excluding carboxylic acids is 2. The molecule has 3 aliphatic rings. The molecule has 2 aliphatic carbocycles. The molecule has 9 atom stereocenters. The van der Waals surface area contributed by atoms with Crippen LogP contribution in [0.25, 0.3) is 0 Å². The van der Waals surface area contributed by atoms with E-state index in [-0.39, 0.29) is 73.5 Å². The first-order chi connectivity index (χ1) is 25.9. The van der Waals surface area contributed by atoms with Gasteiger partial charge in [0, 0.05) is 25.7 Å². The SMILES string of the molecule is CC[C@H](C)C(=O)O[C@H]1C[C@@H](C)C=C2C=C[C@H](C)[C@H](CC[C@@H]3C[C@@H](O)CC(=O)O3)[C@H]21.C[C@](N)(Cc1ccc(O)cc1)C(=O)O.Cc1ncc([N+](=O)[O-])n1CCO. The Morgan fingerprint density at radius 1 is 1.20 bits per heavy atom. The summed E-state index contributed by atoms with van der Waals surface area (Å²) in [7, 11) is 0. The fourth-order valence-electron chi connectivity index (χ4n) is 7.16. The number of nitro groups is 1. The van der Waals surface area contributed by atoms with Crippen LogP contribution in [0.5, 0.6) is 5.75 Å². The standard InChI is InChI=1S/C24H36O5.C10H13NO3.C6H9N3O3/c1-5-15(3)24(27)29-21-11-14(2)10-17-7-6-16(4)20(23(17)21)9-8-19-12-18(25)13-22(26)28-19;1-10(11,9(13)14)6-7-2-4-8(12)5-3-7;1-5-7-4-6(9(11)12)8(5)2-3-10/h6-7,10,14-16,18-21,23,25H,5,8-9,11-13H2,1-4H3;2-5,12H,6,11H2,1H3,(H,13,14);4,10H,2-3H2,1H3/t14-,15-,16-,18+,19+,20-,21-,23-;10-;/m00./s1. The normalized spacial score (nSPS) is 25.9. The molecule has 1 aliphatic heterocycles. The van der Waals surface area contributed by atoms with Crippen LogP contribution in [0.4, 0.5) is 5.82 Å². The summed E-state index contributed by atoms with van der Waals surface area (Å²) in [6.45, 7) is 11.5. The van der Waals surface area contributed by atoms with Crippen LogP contribution < -0.4 is 5.73 Å². The number of fused-ring (bicyclic) bond motifs is 1. The molecule has 2 heterocycles. The molecule has 304 valence electrons. The molecule has 15 heteroatoms. The molecule has 0 amide bonds. The largest absolute Gasteiger partial charge is 0.508 e. The van der Waals surface area contributed by atoms with Gasteiger partial charge in [0.05, 0.1) is 25.0 Å². The maximum Gasteiger partial charge on any atom is 0.342 e. The number of rotatable bonds is 12. The van der Waals surface area contributed by atoms with Crippen molar-refractivity contribution in [2.24, 2.45) is 35.3 Å². The van der Waals surface area contributed by atoms with Crippen LogP contribution >= 0.6 is 0 Å². The Morgan fingerprint density at radius 2 is 1.87 bits per heavy atom. The van der Waals surface area contributed by atoms with E-state index in [4.69, 9.17) is 30.5 Å². The summed E-state index contributed by atoms with van der Waals surface area (Å²) < 4.78 is 12.9. The molecular weight excluding hydrogens is 712 g/mol. The third kappa shape index (κ3) is 13.0. The Kier molecular flexibility index (Phi) is 16.6. The number of allylic oxidation sites excluding steroid dienone is 3. The smallest absolute Gasteiger partial charge is 0.342 e. The van der Waals surface area contributed by atoms with Gasteiger partial charge >= 0.3 is 23.7 Å². The molecule has 55 heavy (non-hydrogen) atoms. The van der Waals surface area contributed by atoms with E-state index in [1.165, 1.54) is 35.4 Å². The second kappa shape index (κ2) is 20.4. The van der Waals surface area contributed by atoms with Gasteiger partial charge in [-0.2, -0.15) is 0 Å². The molecule has 5 rings (SSSR count). The van der Waals surface area contributed by atoms with Gasteiger partial charge in [0.15, 0.2) is 5.82 Å². The topological polar surface area (TPSA) is 238 Å². The van der Waals surface area contributed by atoms with Gasteiger partial charge in [-0.05, 0) is 78.6 Å². The number of phenolic OH excluding ortho intramolecular Hbond substituents is 1. The molecule has 1 aromatic carbocycles. The number of cyclic esters (lactones) is 1. The number of aliphatic carboxylic acids is 1. The van der Waals surface area contributed by atoms with Gasteiger partial charge in [-0.25, -0.2) is 9.55 Å². The number of hydrogen-bond donors (Lipinski definition) is 5. The van der Waals surface area contributed by atoms with Crippen molar-refractivity contribution in [2.75, 3.05) is 6.61 Å². The van der Waals surface area contributed by atoms with E-state index < -0.39 is 22.5 Å². The van der Waals surface area contributed by atoms with Crippen molar-refractivity contribution in [2.45, 2.75) is 117 Å².